The standard InChI is InChI=1S/C17H17F2NO2/c1-3-12-6-4-5-7-16(12)22-11(2)17(21)20-13-8-9-14(18)15(19)10-13/h4-11H,3H2,1-2H3,(H,20,21). The van der Waals surface area contributed by atoms with Crippen LogP contribution in [0.4, 0.5) is 14.5 Å². The van der Waals surface area contributed by atoms with Gasteiger partial charge in [0.15, 0.2) is 17.7 Å². The molecule has 0 radical (unpaired) electrons. The van der Waals surface area contributed by atoms with Crippen LogP contribution in [-0.2, 0) is 11.2 Å². The molecule has 1 atom stereocenters. The number of nitrogens with one attached hydrogen (secondary N) is 1. The van der Waals surface area contributed by atoms with Gasteiger partial charge in [0.05, 0.1) is 0 Å². The first-order valence-corrected chi connectivity index (χ1v) is 7.01. The van der Waals surface area contributed by atoms with Crippen LogP contribution in [0.15, 0.2) is 42.5 Å². The monoisotopic (exact) mass is 305 g/mol. The van der Waals surface area contributed by atoms with E-state index in [1.807, 2.05) is 25.1 Å². The highest BCUT2D eigenvalue weighted by Gasteiger charge is 2.16. The number of hydrogen-bond acceptors (Lipinski definition) is 2. The third-order valence-electron chi connectivity index (χ3n) is 3.21. The van der Waals surface area contributed by atoms with Gasteiger partial charge in [-0.2, -0.15) is 0 Å². The molecule has 1 unspecified atom stereocenters. The smallest absolute Gasteiger partial charge is 0.265 e. The molecule has 1 amide bonds. The van der Waals surface area contributed by atoms with Crippen LogP contribution in [0.1, 0.15) is 19.4 Å². The Balaban J connectivity index is 2.04. The van der Waals surface area contributed by atoms with E-state index in [9.17, 15) is 13.6 Å². The van der Waals surface area contributed by atoms with Gasteiger partial charge in [0, 0.05) is 11.8 Å². The number of ether oxygens (including phenoxy) is 1. The van der Waals surface area contributed by atoms with Gasteiger partial charge in [-0.1, -0.05) is 25.1 Å². The van der Waals surface area contributed by atoms with Gasteiger partial charge in [-0.15, -0.1) is 0 Å². The summed E-state index contributed by atoms with van der Waals surface area (Å²) < 4.78 is 31.6. The summed E-state index contributed by atoms with van der Waals surface area (Å²) in [5.41, 5.74) is 1.18. The molecule has 22 heavy (non-hydrogen) atoms. The summed E-state index contributed by atoms with van der Waals surface area (Å²) in [4.78, 5) is 12.1. The van der Waals surface area contributed by atoms with Crippen molar-refractivity contribution in [1.82, 2.24) is 0 Å². The fourth-order valence-corrected chi connectivity index (χ4v) is 1.97. The van der Waals surface area contributed by atoms with Crippen molar-refractivity contribution in [2.75, 3.05) is 5.32 Å². The predicted molar refractivity (Wildman–Crippen MR) is 80.9 cm³/mol. The van der Waals surface area contributed by atoms with Gasteiger partial charge >= 0.3 is 0 Å². The summed E-state index contributed by atoms with van der Waals surface area (Å²) >= 11 is 0. The van der Waals surface area contributed by atoms with E-state index in [2.05, 4.69) is 5.32 Å². The second-order valence-electron chi connectivity index (χ2n) is 4.84. The van der Waals surface area contributed by atoms with E-state index in [4.69, 9.17) is 4.74 Å². The number of carbonyl (C=O) groups is 1. The van der Waals surface area contributed by atoms with Gasteiger partial charge in [0.2, 0.25) is 0 Å². The Kier molecular flexibility index (Phi) is 5.09. The summed E-state index contributed by atoms with van der Waals surface area (Å²) in [6, 6.07) is 10.6. The van der Waals surface area contributed by atoms with Gasteiger partial charge in [0.25, 0.3) is 5.91 Å². The molecular weight excluding hydrogens is 288 g/mol. The van der Waals surface area contributed by atoms with Crippen molar-refractivity contribution in [3.05, 3.63) is 59.7 Å². The lowest BCUT2D eigenvalue weighted by molar-refractivity contribution is -0.122. The van der Waals surface area contributed by atoms with Crippen LogP contribution >= 0.6 is 0 Å². The molecule has 0 aliphatic carbocycles. The molecule has 2 aromatic carbocycles. The minimum absolute atomic E-state index is 0.183. The number of rotatable bonds is 5. The number of hydrogen-bond donors (Lipinski definition) is 1. The molecule has 0 aliphatic heterocycles. The predicted octanol–water partition coefficient (Wildman–Crippen LogP) is 3.93. The first kappa shape index (κ1) is 15.9. The number of amides is 1. The molecule has 2 rings (SSSR count). The van der Waals surface area contributed by atoms with E-state index in [0.29, 0.717) is 5.75 Å². The van der Waals surface area contributed by atoms with E-state index in [-0.39, 0.29) is 5.69 Å². The van der Waals surface area contributed by atoms with Gasteiger partial charge < -0.3 is 10.1 Å². The molecule has 0 saturated heterocycles. The van der Waals surface area contributed by atoms with E-state index in [1.54, 1.807) is 13.0 Å². The number of anilines is 1. The Bertz CT molecular complexity index is 673. The maximum absolute atomic E-state index is 13.1. The summed E-state index contributed by atoms with van der Waals surface area (Å²) in [5.74, 6) is -1.77. The number of halogens is 2. The van der Waals surface area contributed by atoms with Gasteiger partial charge in [0.1, 0.15) is 5.75 Å². The fraction of sp³-hybridized carbons (Fsp3) is 0.235. The number of para-hydroxylation sites is 1. The molecule has 3 nitrogen and oxygen atoms in total. The minimum atomic E-state index is -1.01. The maximum atomic E-state index is 13.1. The van der Waals surface area contributed by atoms with Crippen LogP contribution in [-0.4, -0.2) is 12.0 Å². The minimum Gasteiger partial charge on any atom is -0.481 e. The Morgan fingerprint density at radius 1 is 1.18 bits per heavy atom. The van der Waals surface area contributed by atoms with Crippen LogP contribution in [0.3, 0.4) is 0 Å². The molecule has 0 bridgehead atoms. The molecule has 1 N–H and O–H groups in total. The first-order chi connectivity index (χ1) is 10.5. The second-order valence-corrected chi connectivity index (χ2v) is 4.84. The molecular formula is C17H17F2NO2. The lowest BCUT2D eigenvalue weighted by atomic mass is 10.1. The summed E-state index contributed by atoms with van der Waals surface area (Å²) in [5, 5.41) is 2.50. The average molecular weight is 305 g/mol. The Hall–Kier alpha value is -2.43. The molecule has 0 aromatic heterocycles. The van der Waals surface area contributed by atoms with Crippen molar-refractivity contribution >= 4 is 11.6 Å². The molecule has 0 spiro atoms. The number of benzene rings is 2. The number of carbonyl (C=O) groups excluding carboxylic acids is 1. The van der Waals surface area contributed by atoms with Crippen LogP contribution in [0.5, 0.6) is 5.75 Å². The molecule has 0 saturated carbocycles. The number of aryl methyl sites for hydroxylation is 1. The van der Waals surface area contributed by atoms with Crippen LogP contribution in [0, 0.1) is 11.6 Å². The van der Waals surface area contributed by atoms with Crippen molar-refractivity contribution in [3.8, 4) is 5.75 Å². The van der Waals surface area contributed by atoms with Crippen LogP contribution in [0.2, 0.25) is 0 Å². The summed E-state index contributed by atoms with van der Waals surface area (Å²) in [6.45, 7) is 3.59. The molecule has 0 heterocycles. The lowest BCUT2D eigenvalue weighted by Gasteiger charge is -2.17. The van der Waals surface area contributed by atoms with E-state index in [1.165, 1.54) is 6.07 Å². The van der Waals surface area contributed by atoms with Gasteiger partial charge in [-0.05, 0) is 37.1 Å². The molecule has 5 heteroatoms. The summed E-state index contributed by atoms with van der Waals surface area (Å²) in [6.07, 6.45) is 0.0223. The van der Waals surface area contributed by atoms with Crippen molar-refractivity contribution in [2.45, 2.75) is 26.4 Å². The normalized spacial score (nSPS) is 11.8. The van der Waals surface area contributed by atoms with Crippen molar-refractivity contribution in [2.24, 2.45) is 0 Å². The SMILES string of the molecule is CCc1ccccc1OC(C)C(=O)Nc1ccc(F)c(F)c1. The summed E-state index contributed by atoms with van der Waals surface area (Å²) in [7, 11) is 0. The van der Waals surface area contributed by atoms with Crippen LogP contribution in [0.25, 0.3) is 0 Å². The van der Waals surface area contributed by atoms with Gasteiger partial charge in [-0.3, -0.25) is 4.79 Å². The Morgan fingerprint density at radius 2 is 1.91 bits per heavy atom. The fourth-order valence-electron chi connectivity index (χ4n) is 1.97. The zero-order chi connectivity index (χ0) is 16.1. The molecule has 116 valence electrons. The zero-order valence-electron chi connectivity index (χ0n) is 12.4. The largest absolute Gasteiger partial charge is 0.481 e. The Labute approximate surface area is 127 Å². The lowest BCUT2D eigenvalue weighted by Crippen LogP contribution is -2.30. The molecule has 0 fully saturated rings. The van der Waals surface area contributed by atoms with E-state index >= 15 is 0 Å². The molecule has 0 aliphatic rings. The van der Waals surface area contributed by atoms with Gasteiger partial charge in [-0.25, -0.2) is 8.78 Å². The molecule has 2 aromatic rings. The first-order valence-electron chi connectivity index (χ1n) is 7.01. The quantitative estimate of drug-likeness (QED) is 0.909. The Morgan fingerprint density at radius 3 is 2.59 bits per heavy atom. The third-order valence-corrected chi connectivity index (χ3v) is 3.21. The maximum Gasteiger partial charge on any atom is 0.265 e. The topological polar surface area (TPSA) is 38.3 Å². The van der Waals surface area contributed by atoms with E-state index in [0.717, 1.165) is 24.1 Å². The highest BCUT2D eigenvalue weighted by molar-refractivity contribution is 5.94. The average Bonchev–Trinajstić information content (AvgIpc) is 2.51. The van der Waals surface area contributed by atoms with Crippen LogP contribution < -0.4 is 10.1 Å². The highest BCUT2D eigenvalue weighted by Crippen LogP contribution is 2.20. The van der Waals surface area contributed by atoms with Crippen molar-refractivity contribution in [1.29, 1.82) is 0 Å². The van der Waals surface area contributed by atoms with Crippen molar-refractivity contribution < 1.29 is 18.3 Å². The second kappa shape index (κ2) is 7.02. The zero-order valence-corrected chi connectivity index (χ0v) is 12.4. The van der Waals surface area contributed by atoms with E-state index < -0.39 is 23.6 Å². The third kappa shape index (κ3) is 3.81. The highest BCUT2D eigenvalue weighted by atomic mass is 19.2. The van der Waals surface area contributed by atoms with Crippen molar-refractivity contribution in [3.63, 3.8) is 0 Å².